The van der Waals surface area contributed by atoms with Crippen LogP contribution in [0.5, 0.6) is 0 Å². The van der Waals surface area contributed by atoms with Gasteiger partial charge in [-0.1, -0.05) is 30.3 Å². The molecule has 0 amide bonds. The van der Waals surface area contributed by atoms with Gasteiger partial charge in [0.1, 0.15) is 0 Å². The van der Waals surface area contributed by atoms with Gasteiger partial charge in [-0.25, -0.2) is 0 Å². The van der Waals surface area contributed by atoms with E-state index in [9.17, 15) is 0 Å². The quantitative estimate of drug-likeness (QED) is 0.451. The molecule has 1 fully saturated rings. The van der Waals surface area contributed by atoms with Crippen molar-refractivity contribution >= 4 is 17.7 Å². The summed E-state index contributed by atoms with van der Waals surface area (Å²) in [5.74, 6) is 2.14. The van der Waals surface area contributed by atoms with Crippen molar-refractivity contribution < 1.29 is 0 Å². The van der Waals surface area contributed by atoms with Gasteiger partial charge in [0.05, 0.1) is 0 Å². The van der Waals surface area contributed by atoms with Crippen LogP contribution in [0.1, 0.15) is 31.7 Å². The lowest BCUT2D eigenvalue weighted by molar-refractivity contribution is 0.134. The maximum Gasteiger partial charge on any atom is 0.191 e. The van der Waals surface area contributed by atoms with E-state index in [-0.39, 0.29) is 0 Å². The monoisotopic (exact) mass is 348 g/mol. The van der Waals surface area contributed by atoms with Crippen LogP contribution in [0.15, 0.2) is 35.3 Å². The van der Waals surface area contributed by atoms with E-state index in [1.807, 2.05) is 18.8 Å². The smallest absolute Gasteiger partial charge is 0.191 e. The van der Waals surface area contributed by atoms with Crippen molar-refractivity contribution in [3.8, 4) is 0 Å². The molecule has 134 valence electrons. The summed E-state index contributed by atoms with van der Waals surface area (Å²) in [5.41, 5.74) is 1.40. The number of aliphatic imine (C=N–C) groups is 1. The van der Waals surface area contributed by atoms with Gasteiger partial charge >= 0.3 is 0 Å². The summed E-state index contributed by atoms with van der Waals surface area (Å²) in [6.45, 7) is 5.52. The lowest BCUT2D eigenvalue weighted by Crippen LogP contribution is -2.51. The standard InChI is InChI=1S/C19H32N4S/c1-16-14-18(22-19(20-2)21-11-7-13-24-3)10-12-23(16)15-17-8-5-4-6-9-17/h4-6,8-9,16,18H,7,10-15H2,1-3H3,(H2,20,21,22). The minimum absolute atomic E-state index is 0.513. The summed E-state index contributed by atoms with van der Waals surface area (Å²) in [6.07, 6.45) is 5.66. The highest BCUT2D eigenvalue weighted by Crippen LogP contribution is 2.19. The summed E-state index contributed by atoms with van der Waals surface area (Å²) in [5, 5.41) is 7.03. The molecule has 1 heterocycles. The summed E-state index contributed by atoms with van der Waals surface area (Å²) >= 11 is 1.89. The second-order valence-electron chi connectivity index (χ2n) is 6.52. The fourth-order valence-corrected chi connectivity index (χ4v) is 3.65. The summed E-state index contributed by atoms with van der Waals surface area (Å²) in [6, 6.07) is 11.9. The molecule has 1 aromatic carbocycles. The molecule has 24 heavy (non-hydrogen) atoms. The van der Waals surface area contributed by atoms with Crippen LogP contribution in [0.3, 0.4) is 0 Å². The fraction of sp³-hybridized carbons (Fsp3) is 0.632. The second-order valence-corrected chi connectivity index (χ2v) is 7.50. The number of piperidine rings is 1. The predicted octanol–water partition coefficient (Wildman–Crippen LogP) is 2.96. The Morgan fingerprint density at radius 2 is 2.12 bits per heavy atom. The van der Waals surface area contributed by atoms with Crippen molar-refractivity contribution in [2.45, 2.75) is 44.8 Å². The second kappa shape index (κ2) is 10.6. The lowest BCUT2D eigenvalue weighted by Gasteiger charge is -2.38. The highest BCUT2D eigenvalue weighted by molar-refractivity contribution is 7.98. The van der Waals surface area contributed by atoms with Crippen molar-refractivity contribution in [2.75, 3.05) is 32.1 Å². The average Bonchev–Trinajstić information content (AvgIpc) is 2.61. The number of rotatable bonds is 7. The van der Waals surface area contributed by atoms with Gasteiger partial charge in [-0.15, -0.1) is 0 Å². The van der Waals surface area contributed by atoms with Crippen molar-refractivity contribution in [1.29, 1.82) is 0 Å². The third kappa shape index (κ3) is 6.36. The van der Waals surface area contributed by atoms with Gasteiger partial charge in [0.15, 0.2) is 5.96 Å². The molecule has 1 saturated heterocycles. The maximum atomic E-state index is 4.37. The van der Waals surface area contributed by atoms with Crippen molar-refractivity contribution in [3.05, 3.63) is 35.9 Å². The molecule has 0 aromatic heterocycles. The van der Waals surface area contributed by atoms with Crippen LogP contribution in [-0.2, 0) is 6.54 Å². The topological polar surface area (TPSA) is 39.7 Å². The van der Waals surface area contributed by atoms with E-state index in [0.29, 0.717) is 12.1 Å². The van der Waals surface area contributed by atoms with Crippen molar-refractivity contribution in [1.82, 2.24) is 15.5 Å². The minimum Gasteiger partial charge on any atom is -0.356 e. The van der Waals surface area contributed by atoms with Gasteiger partial charge in [0.2, 0.25) is 0 Å². The summed E-state index contributed by atoms with van der Waals surface area (Å²) in [4.78, 5) is 6.95. The maximum absolute atomic E-state index is 4.37. The number of nitrogens with one attached hydrogen (secondary N) is 2. The van der Waals surface area contributed by atoms with Gasteiger partial charge in [-0.2, -0.15) is 11.8 Å². The molecule has 4 nitrogen and oxygen atoms in total. The molecule has 2 rings (SSSR count). The molecule has 2 unspecified atom stereocenters. The Morgan fingerprint density at radius 1 is 1.33 bits per heavy atom. The van der Waals surface area contributed by atoms with Crippen LogP contribution >= 0.6 is 11.8 Å². The van der Waals surface area contributed by atoms with Crippen molar-refractivity contribution in [2.24, 2.45) is 4.99 Å². The zero-order chi connectivity index (χ0) is 17.2. The normalized spacial score (nSPS) is 22.4. The molecule has 0 radical (unpaired) electrons. The fourth-order valence-electron chi connectivity index (χ4n) is 3.22. The van der Waals surface area contributed by atoms with E-state index in [1.54, 1.807) is 0 Å². The first kappa shape index (κ1) is 19.1. The molecule has 1 aliphatic heterocycles. The molecule has 2 N–H and O–H groups in total. The molecule has 5 heteroatoms. The Labute approximate surface area is 151 Å². The average molecular weight is 349 g/mol. The van der Waals surface area contributed by atoms with Gasteiger partial charge in [-0.3, -0.25) is 9.89 Å². The molecule has 0 saturated carbocycles. The summed E-state index contributed by atoms with van der Waals surface area (Å²) in [7, 11) is 1.86. The summed E-state index contributed by atoms with van der Waals surface area (Å²) < 4.78 is 0. The Balaban J connectivity index is 1.75. The van der Waals surface area contributed by atoms with Gasteiger partial charge in [0, 0.05) is 38.8 Å². The van der Waals surface area contributed by atoms with Crippen LogP contribution in [0.25, 0.3) is 0 Å². The molecular formula is C19H32N4S. The number of nitrogens with zero attached hydrogens (tertiary/aromatic N) is 2. The lowest BCUT2D eigenvalue weighted by atomic mass is 9.97. The third-order valence-corrected chi connectivity index (χ3v) is 5.32. The van der Waals surface area contributed by atoms with Gasteiger partial charge in [-0.05, 0) is 43.8 Å². The van der Waals surface area contributed by atoms with E-state index < -0.39 is 0 Å². The number of hydrogen-bond acceptors (Lipinski definition) is 3. The molecule has 1 aromatic rings. The Bertz CT molecular complexity index is 491. The molecule has 1 aliphatic rings. The van der Waals surface area contributed by atoms with Crippen LogP contribution in [-0.4, -0.2) is 55.1 Å². The van der Waals surface area contributed by atoms with Gasteiger partial charge in [0.25, 0.3) is 0 Å². The number of thioether (sulfide) groups is 1. The van der Waals surface area contributed by atoms with E-state index in [2.05, 4.69) is 64.0 Å². The largest absolute Gasteiger partial charge is 0.356 e. The highest BCUT2D eigenvalue weighted by atomic mass is 32.2. The number of hydrogen-bond donors (Lipinski definition) is 2. The van der Waals surface area contributed by atoms with Crippen LogP contribution < -0.4 is 10.6 Å². The first-order chi connectivity index (χ1) is 11.7. The first-order valence-electron chi connectivity index (χ1n) is 8.97. The number of guanidine groups is 1. The Kier molecular flexibility index (Phi) is 8.47. The molecular weight excluding hydrogens is 316 g/mol. The first-order valence-corrected chi connectivity index (χ1v) is 10.4. The number of likely N-dealkylation sites (tertiary alicyclic amines) is 1. The van der Waals surface area contributed by atoms with E-state index in [4.69, 9.17) is 0 Å². The van der Waals surface area contributed by atoms with E-state index in [1.165, 1.54) is 30.6 Å². The molecule has 2 atom stereocenters. The zero-order valence-electron chi connectivity index (χ0n) is 15.3. The highest BCUT2D eigenvalue weighted by Gasteiger charge is 2.25. The molecule has 0 aliphatic carbocycles. The molecule has 0 spiro atoms. The zero-order valence-corrected chi connectivity index (χ0v) is 16.1. The number of benzene rings is 1. The Hall–Kier alpha value is -1.20. The van der Waals surface area contributed by atoms with Crippen LogP contribution in [0.4, 0.5) is 0 Å². The van der Waals surface area contributed by atoms with Crippen LogP contribution in [0.2, 0.25) is 0 Å². The van der Waals surface area contributed by atoms with E-state index in [0.717, 1.165) is 25.6 Å². The third-order valence-electron chi connectivity index (χ3n) is 4.62. The minimum atomic E-state index is 0.513. The van der Waals surface area contributed by atoms with Gasteiger partial charge < -0.3 is 10.6 Å². The van der Waals surface area contributed by atoms with Crippen LogP contribution in [0, 0.1) is 0 Å². The predicted molar refractivity (Wildman–Crippen MR) is 107 cm³/mol. The Morgan fingerprint density at radius 3 is 2.79 bits per heavy atom. The molecule has 0 bridgehead atoms. The van der Waals surface area contributed by atoms with Crippen molar-refractivity contribution in [3.63, 3.8) is 0 Å². The van der Waals surface area contributed by atoms with E-state index >= 15 is 0 Å². The SMILES string of the molecule is CN=C(NCCCSC)NC1CCN(Cc2ccccc2)C(C)C1.